The van der Waals surface area contributed by atoms with E-state index in [0.29, 0.717) is 19.6 Å². The molecule has 1 aliphatic heterocycles. The molecule has 0 aromatic heterocycles. The Bertz CT molecular complexity index is 566. The number of carbonyl (C=O) groups excluding carboxylic acids is 1. The molecule has 0 aliphatic carbocycles. The molecular formula is C15H16Br2NO3Y-. The Hall–Kier alpha value is 0.254. The quantitative estimate of drug-likeness (QED) is 0.350. The van der Waals surface area contributed by atoms with Crippen LogP contribution in [0.3, 0.4) is 0 Å². The van der Waals surface area contributed by atoms with Crippen LogP contribution in [0.25, 0.3) is 5.70 Å². The summed E-state index contributed by atoms with van der Waals surface area (Å²) in [6.07, 6.45) is 3.83. The summed E-state index contributed by atoms with van der Waals surface area (Å²) in [7, 11) is 3.39. The number of hydrogen-bond acceptors (Lipinski definition) is 3. The van der Waals surface area contributed by atoms with Crippen molar-refractivity contribution in [3.63, 3.8) is 0 Å². The maximum atomic E-state index is 12.0. The van der Waals surface area contributed by atoms with Gasteiger partial charge in [-0.1, -0.05) is 42.8 Å². The molecule has 0 N–H and O–H groups in total. The van der Waals surface area contributed by atoms with Crippen LogP contribution >= 0.6 is 31.9 Å². The number of halogens is 2. The number of hydrogen-bond donors (Lipinski definition) is 0. The molecule has 0 saturated carbocycles. The van der Waals surface area contributed by atoms with E-state index in [0.717, 1.165) is 21.5 Å². The molecule has 1 atom stereocenters. The minimum absolute atomic E-state index is 0. The second-order valence-electron chi connectivity index (χ2n) is 4.58. The molecular weight excluding hydrogens is 491 g/mol. The Kier molecular flexibility index (Phi) is 8.79. The summed E-state index contributed by atoms with van der Waals surface area (Å²) < 4.78 is 11.4. The van der Waals surface area contributed by atoms with Gasteiger partial charge in [-0.2, -0.15) is 0 Å². The first-order valence-electron chi connectivity index (χ1n) is 6.48. The van der Waals surface area contributed by atoms with Gasteiger partial charge in [-0.05, 0) is 12.1 Å². The van der Waals surface area contributed by atoms with Gasteiger partial charge in [0.2, 0.25) is 5.91 Å². The van der Waals surface area contributed by atoms with Crippen molar-refractivity contribution in [3.05, 3.63) is 34.3 Å². The first-order valence-corrected chi connectivity index (χ1v) is 8.19. The number of rotatable bonds is 5. The average molecular weight is 507 g/mol. The Morgan fingerprint density at radius 3 is 2.77 bits per heavy atom. The number of allylic oxidation sites excluding steroid dienone is 1. The fourth-order valence-electron chi connectivity index (χ4n) is 2.01. The molecule has 1 aliphatic rings. The van der Waals surface area contributed by atoms with E-state index in [1.54, 1.807) is 19.1 Å². The van der Waals surface area contributed by atoms with E-state index in [2.05, 4.69) is 37.9 Å². The van der Waals surface area contributed by atoms with Crippen LogP contribution in [0.4, 0.5) is 0 Å². The molecule has 1 unspecified atom stereocenters. The van der Waals surface area contributed by atoms with Crippen molar-refractivity contribution in [2.75, 3.05) is 27.4 Å². The Morgan fingerprint density at radius 2 is 2.14 bits per heavy atom. The molecule has 22 heavy (non-hydrogen) atoms. The summed E-state index contributed by atoms with van der Waals surface area (Å²) in [4.78, 5) is 13.5. The van der Waals surface area contributed by atoms with Gasteiger partial charge in [0.15, 0.2) is 0 Å². The molecule has 1 heterocycles. The van der Waals surface area contributed by atoms with Gasteiger partial charge in [-0.15, -0.1) is 17.3 Å². The van der Waals surface area contributed by atoms with Crippen molar-refractivity contribution < 1.29 is 47.0 Å². The van der Waals surface area contributed by atoms with Crippen LogP contribution in [0, 0.1) is 6.08 Å². The monoisotopic (exact) mass is 505 g/mol. The molecule has 4 nitrogen and oxygen atoms in total. The number of amides is 1. The largest absolute Gasteiger partial charge is 0.491 e. The zero-order valence-corrected chi connectivity index (χ0v) is 18.4. The van der Waals surface area contributed by atoms with Gasteiger partial charge in [0.25, 0.3) is 0 Å². The van der Waals surface area contributed by atoms with Crippen LogP contribution in [-0.2, 0) is 42.2 Å². The van der Waals surface area contributed by atoms with Crippen LogP contribution in [0.15, 0.2) is 22.7 Å². The Labute approximate surface area is 172 Å². The number of benzene rings is 1. The standard InChI is InChI=1S/C15H16Br2NO3.Y/c1-18-14(6-5-12(16)15(18)19)11-4-3-10(9-13(11)17)21-8-7-20-2;/h3-4,9,12H,5,7-8H2,1-2H3;/q-1;. The minimum atomic E-state index is -0.193. The fraction of sp³-hybridized carbons (Fsp3) is 0.400. The van der Waals surface area contributed by atoms with Gasteiger partial charge in [0.05, 0.1) is 11.4 Å². The molecule has 1 aromatic rings. The maximum absolute atomic E-state index is 12.0. The molecule has 7 heteroatoms. The van der Waals surface area contributed by atoms with Crippen molar-refractivity contribution in [3.8, 4) is 5.75 Å². The van der Waals surface area contributed by atoms with Crippen LogP contribution in [0.2, 0.25) is 0 Å². The van der Waals surface area contributed by atoms with E-state index in [1.165, 1.54) is 0 Å². The van der Waals surface area contributed by atoms with Crippen molar-refractivity contribution in [1.29, 1.82) is 0 Å². The normalized spacial score (nSPS) is 17.8. The molecule has 0 fully saturated rings. The molecule has 1 radical (unpaired) electrons. The smallest absolute Gasteiger partial charge is 0.236 e. The van der Waals surface area contributed by atoms with Gasteiger partial charge in [-0.25, -0.2) is 6.08 Å². The van der Waals surface area contributed by atoms with Crippen molar-refractivity contribution in [2.24, 2.45) is 0 Å². The molecule has 1 amide bonds. The molecule has 0 bridgehead atoms. The van der Waals surface area contributed by atoms with E-state index in [9.17, 15) is 4.79 Å². The van der Waals surface area contributed by atoms with E-state index < -0.39 is 0 Å². The summed E-state index contributed by atoms with van der Waals surface area (Å²) in [5.74, 6) is 0.794. The van der Waals surface area contributed by atoms with Crippen LogP contribution in [0.1, 0.15) is 12.0 Å². The Morgan fingerprint density at radius 1 is 1.41 bits per heavy atom. The summed E-state index contributed by atoms with van der Waals surface area (Å²) in [5.41, 5.74) is 1.70. The number of ether oxygens (including phenoxy) is 2. The van der Waals surface area contributed by atoms with Crippen LogP contribution < -0.4 is 4.74 Å². The number of methoxy groups -OCH3 is 1. The maximum Gasteiger partial charge on any atom is 0.236 e. The first-order chi connectivity index (χ1) is 10.0. The van der Waals surface area contributed by atoms with Gasteiger partial charge < -0.3 is 14.4 Å². The van der Waals surface area contributed by atoms with Gasteiger partial charge in [0, 0.05) is 46.9 Å². The summed E-state index contributed by atoms with van der Waals surface area (Å²) >= 11 is 6.88. The SMILES string of the molecule is COCCOc1ccc(C2=[C-]CC(Br)C(=O)N2C)c(Br)c1.[Y]. The van der Waals surface area contributed by atoms with Gasteiger partial charge in [0.1, 0.15) is 12.4 Å². The molecule has 0 spiro atoms. The third kappa shape index (κ3) is 4.87. The molecule has 0 saturated heterocycles. The zero-order valence-electron chi connectivity index (χ0n) is 12.4. The van der Waals surface area contributed by atoms with Crippen molar-refractivity contribution in [2.45, 2.75) is 11.2 Å². The van der Waals surface area contributed by atoms with E-state index >= 15 is 0 Å². The zero-order chi connectivity index (χ0) is 15.4. The van der Waals surface area contributed by atoms with E-state index in [-0.39, 0.29) is 43.4 Å². The predicted molar refractivity (Wildman–Crippen MR) is 88.3 cm³/mol. The third-order valence-electron chi connectivity index (χ3n) is 3.13. The van der Waals surface area contributed by atoms with E-state index in [4.69, 9.17) is 9.47 Å². The second-order valence-corrected chi connectivity index (χ2v) is 6.54. The first kappa shape index (κ1) is 20.3. The summed E-state index contributed by atoms with van der Waals surface area (Å²) in [5, 5.41) is 0. The van der Waals surface area contributed by atoms with Crippen molar-refractivity contribution in [1.82, 2.24) is 4.90 Å². The molecule has 1 aromatic carbocycles. The number of nitrogens with zero attached hydrogens (tertiary/aromatic N) is 1. The third-order valence-corrected chi connectivity index (χ3v) is 4.51. The molecule has 117 valence electrons. The topological polar surface area (TPSA) is 38.8 Å². The predicted octanol–water partition coefficient (Wildman–Crippen LogP) is 3.24. The van der Waals surface area contributed by atoms with Crippen LogP contribution in [-0.4, -0.2) is 43.0 Å². The summed E-state index contributed by atoms with van der Waals surface area (Å²) in [6, 6.07) is 5.69. The minimum Gasteiger partial charge on any atom is -0.491 e. The van der Waals surface area contributed by atoms with Gasteiger partial charge in [-0.3, -0.25) is 4.79 Å². The average Bonchev–Trinajstić information content (AvgIpc) is 2.46. The molecule has 2 rings (SSSR count). The van der Waals surface area contributed by atoms with E-state index in [1.807, 2.05) is 18.2 Å². The van der Waals surface area contributed by atoms with Crippen molar-refractivity contribution >= 4 is 43.5 Å². The number of alkyl halides is 1. The van der Waals surface area contributed by atoms with Gasteiger partial charge >= 0.3 is 0 Å². The number of carbonyl (C=O) groups is 1. The Balaban J connectivity index is 0.00000242. The van der Waals surface area contributed by atoms with Crippen LogP contribution in [0.5, 0.6) is 5.75 Å². The fourth-order valence-corrected chi connectivity index (χ4v) is 3.02. The second kappa shape index (κ2) is 9.53. The summed E-state index contributed by atoms with van der Waals surface area (Å²) in [6.45, 7) is 1.04.